The second-order valence-corrected chi connectivity index (χ2v) is 6.91. The van der Waals surface area contributed by atoms with Gasteiger partial charge in [0.1, 0.15) is 11.6 Å². The van der Waals surface area contributed by atoms with Gasteiger partial charge >= 0.3 is 0 Å². The summed E-state index contributed by atoms with van der Waals surface area (Å²) in [5.41, 5.74) is 3.76. The van der Waals surface area contributed by atoms with Crippen LogP contribution in [0.3, 0.4) is 0 Å². The highest BCUT2D eigenvalue weighted by molar-refractivity contribution is 5.66. The third kappa shape index (κ3) is 5.56. The molecule has 0 nitrogen and oxygen atoms in total. The van der Waals surface area contributed by atoms with Gasteiger partial charge in [-0.1, -0.05) is 66.6 Å². The Hall–Kier alpha value is -3.36. The number of benzene rings is 3. The van der Waals surface area contributed by atoms with E-state index in [2.05, 4.69) is 30.6 Å². The third-order valence-electron chi connectivity index (χ3n) is 4.48. The zero-order valence-corrected chi connectivity index (χ0v) is 16.7. The normalized spacial score (nSPS) is 9.93. The minimum absolute atomic E-state index is 0.0240. The summed E-state index contributed by atoms with van der Waals surface area (Å²) in [6.45, 7) is 4.04. The lowest BCUT2D eigenvalue weighted by Gasteiger charge is -2.06. The average molecular weight is 384 g/mol. The number of aryl methyl sites for hydroxylation is 1. The van der Waals surface area contributed by atoms with Crippen LogP contribution >= 0.6 is 0 Å². The Morgan fingerprint density at radius 3 is 2.00 bits per heavy atom. The van der Waals surface area contributed by atoms with E-state index in [1.54, 1.807) is 12.1 Å². The van der Waals surface area contributed by atoms with E-state index in [9.17, 15) is 8.78 Å². The van der Waals surface area contributed by atoms with Gasteiger partial charge in [0.25, 0.3) is 0 Å². The molecule has 0 N–H and O–H groups in total. The van der Waals surface area contributed by atoms with Crippen molar-refractivity contribution in [2.45, 2.75) is 33.1 Å². The molecule has 0 radical (unpaired) electrons. The second kappa shape index (κ2) is 9.72. The number of hydrogen-bond donors (Lipinski definition) is 0. The molecule has 0 aliphatic carbocycles. The molecule has 3 aromatic rings. The first-order chi connectivity index (χ1) is 14.1. The van der Waals surface area contributed by atoms with E-state index in [0.29, 0.717) is 17.5 Å². The molecule has 0 heterocycles. The quantitative estimate of drug-likeness (QED) is 0.442. The Morgan fingerprint density at radius 2 is 1.38 bits per heavy atom. The topological polar surface area (TPSA) is 0 Å². The highest BCUT2D eigenvalue weighted by Crippen LogP contribution is 2.27. The lowest BCUT2D eigenvalue weighted by molar-refractivity contribution is 0.589. The minimum Gasteiger partial charge on any atom is -0.206 e. The molecule has 0 saturated carbocycles. The molecule has 0 saturated heterocycles. The van der Waals surface area contributed by atoms with Gasteiger partial charge in [-0.15, -0.1) is 5.92 Å². The summed E-state index contributed by atoms with van der Waals surface area (Å²) in [5.74, 6) is 10.9. The van der Waals surface area contributed by atoms with E-state index in [1.165, 1.54) is 12.1 Å². The van der Waals surface area contributed by atoms with E-state index < -0.39 is 11.6 Å². The van der Waals surface area contributed by atoms with E-state index in [4.69, 9.17) is 0 Å². The van der Waals surface area contributed by atoms with Crippen molar-refractivity contribution < 1.29 is 8.78 Å². The highest BCUT2D eigenvalue weighted by Gasteiger charge is 2.12. The predicted octanol–water partition coefficient (Wildman–Crippen LogP) is 6.69. The first-order valence-electron chi connectivity index (χ1n) is 9.69. The minimum atomic E-state index is -0.612. The average Bonchev–Trinajstić information content (AvgIpc) is 2.71. The van der Waals surface area contributed by atoms with Crippen molar-refractivity contribution in [1.82, 2.24) is 0 Å². The van der Waals surface area contributed by atoms with Gasteiger partial charge in [0, 0.05) is 24.0 Å². The van der Waals surface area contributed by atoms with Crippen molar-refractivity contribution in [3.05, 3.63) is 94.6 Å². The first kappa shape index (κ1) is 20.4. The lowest BCUT2D eigenvalue weighted by Crippen LogP contribution is -1.92. The maximum absolute atomic E-state index is 14.5. The second-order valence-electron chi connectivity index (χ2n) is 6.91. The smallest absolute Gasteiger partial charge is 0.135 e. The molecule has 0 bridgehead atoms. The predicted molar refractivity (Wildman–Crippen MR) is 115 cm³/mol. The van der Waals surface area contributed by atoms with Crippen LogP contribution in [0.1, 0.15) is 42.0 Å². The van der Waals surface area contributed by atoms with Crippen molar-refractivity contribution in [3.8, 4) is 34.8 Å². The van der Waals surface area contributed by atoms with Gasteiger partial charge in [0.15, 0.2) is 0 Å². The zero-order chi connectivity index (χ0) is 20.6. The summed E-state index contributed by atoms with van der Waals surface area (Å²) < 4.78 is 29.1. The SMILES string of the molecule is CCCC#CCc1ccc(C#Cc2cc(F)c(-c3ccc(C)cc3)c(F)c2)cc1. The molecule has 0 aromatic heterocycles. The standard InChI is InChI=1S/C27H22F2/c1-3-4-5-6-7-21-10-12-22(13-11-21)14-15-23-18-25(28)27(26(29)19-23)24-16-8-20(2)9-17-24/h8-13,16-19H,3-4,7H2,1-2H3. The molecule has 0 atom stereocenters. The van der Waals surface area contributed by atoms with Gasteiger partial charge in [0.05, 0.1) is 5.56 Å². The molecule has 3 aromatic carbocycles. The zero-order valence-electron chi connectivity index (χ0n) is 16.7. The molecule has 3 rings (SSSR count). The van der Waals surface area contributed by atoms with E-state index in [1.807, 2.05) is 43.3 Å². The molecule has 2 heteroatoms. The summed E-state index contributed by atoms with van der Waals surface area (Å²) >= 11 is 0. The fourth-order valence-electron chi connectivity index (χ4n) is 2.87. The van der Waals surface area contributed by atoms with Gasteiger partial charge in [-0.2, -0.15) is 0 Å². The Morgan fingerprint density at radius 1 is 0.759 bits per heavy atom. The Kier molecular flexibility index (Phi) is 6.83. The number of hydrogen-bond acceptors (Lipinski definition) is 0. The molecule has 0 aliphatic rings. The summed E-state index contributed by atoms with van der Waals surface area (Å²) in [4.78, 5) is 0. The van der Waals surface area contributed by atoms with Crippen molar-refractivity contribution in [1.29, 1.82) is 0 Å². The number of halogens is 2. The molecule has 0 unspecified atom stereocenters. The molecule has 29 heavy (non-hydrogen) atoms. The Labute approximate surface area is 171 Å². The fourth-order valence-corrected chi connectivity index (χ4v) is 2.87. The van der Waals surface area contributed by atoms with Gasteiger partial charge in [-0.05, 0) is 48.7 Å². The van der Waals surface area contributed by atoms with Gasteiger partial charge < -0.3 is 0 Å². The van der Waals surface area contributed by atoms with Crippen molar-refractivity contribution in [2.75, 3.05) is 0 Å². The van der Waals surface area contributed by atoms with Crippen molar-refractivity contribution in [3.63, 3.8) is 0 Å². The molecule has 0 spiro atoms. The maximum atomic E-state index is 14.5. The molecule has 0 aliphatic heterocycles. The van der Waals surface area contributed by atoms with Gasteiger partial charge in [-0.25, -0.2) is 8.78 Å². The van der Waals surface area contributed by atoms with Crippen LogP contribution in [0.5, 0.6) is 0 Å². The van der Waals surface area contributed by atoms with Crippen molar-refractivity contribution >= 4 is 0 Å². The molecule has 144 valence electrons. The van der Waals surface area contributed by atoms with E-state index in [-0.39, 0.29) is 5.56 Å². The fraction of sp³-hybridized carbons (Fsp3) is 0.185. The van der Waals surface area contributed by atoms with Crippen LogP contribution in [0.2, 0.25) is 0 Å². The van der Waals surface area contributed by atoms with Crippen molar-refractivity contribution in [2.24, 2.45) is 0 Å². The Bertz CT molecular complexity index is 1080. The van der Waals surface area contributed by atoms with Crippen LogP contribution in [0.25, 0.3) is 11.1 Å². The highest BCUT2D eigenvalue weighted by atomic mass is 19.1. The maximum Gasteiger partial charge on any atom is 0.135 e. The molecule has 0 amide bonds. The van der Waals surface area contributed by atoms with Gasteiger partial charge in [-0.3, -0.25) is 0 Å². The van der Waals surface area contributed by atoms with Crippen LogP contribution in [0.15, 0.2) is 60.7 Å². The van der Waals surface area contributed by atoms with Crippen LogP contribution in [0.4, 0.5) is 8.78 Å². The van der Waals surface area contributed by atoms with Crippen LogP contribution in [-0.4, -0.2) is 0 Å². The summed E-state index contributed by atoms with van der Waals surface area (Å²) in [7, 11) is 0. The summed E-state index contributed by atoms with van der Waals surface area (Å²) in [6.07, 6.45) is 2.69. The van der Waals surface area contributed by atoms with Gasteiger partial charge in [0.2, 0.25) is 0 Å². The van der Waals surface area contributed by atoms with Crippen LogP contribution in [-0.2, 0) is 6.42 Å². The van der Waals surface area contributed by atoms with E-state index in [0.717, 1.165) is 29.5 Å². The summed E-state index contributed by atoms with van der Waals surface area (Å²) in [5, 5.41) is 0. The summed E-state index contributed by atoms with van der Waals surface area (Å²) in [6, 6.07) is 17.4. The molecule has 0 fully saturated rings. The molecular weight excluding hydrogens is 362 g/mol. The monoisotopic (exact) mass is 384 g/mol. The van der Waals surface area contributed by atoms with Crippen LogP contribution in [0, 0.1) is 42.2 Å². The number of rotatable bonds is 3. The van der Waals surface area contributed by atoms with E-state index >= 15 is 0 Å². The molecular formula is C27H22F2. The lowest BCUT2D eigenvalue weighted by atomic mass is 10.0. The first-order valence-corrected chi connectivity index (χ1v) is 9.69. The largest absolute Gasteiger partial charge is 0.206 e. The third-order valence-corrected chi connectivity index (χ3v) is 4.48. The van der Waals surface area contributed by atoms with Crippen LogP contribution < -0.4 is 0 Å². The Balaban J connectivity index is 1.77. The number of unbranched alkanes of at least 4 members (excludes halogenated alkanes) is 1.